The van der Waals surface area contributed by atoms with Crippen molar-refractivity contribution in [2.24, 2.45) is 0 Å². The average Bonchev–Trinajstić information content (AvgIpc) is 2.63. The van der Waals surface area contributed by atoms with Crippen LogP contribution in [0.1, 0.15) is 24.0 Å². The lowest BCUT2D eigenvalue weighted by Gasteiger charge is -2.43. The Morgan fingerprint density at radius 1 is 1.24 bits per heavy atom. The number of aliphatic hydroxyl groups excluding tert-OH is 1. The van der Waals surface area contributed by atoms with Crippen LogP contribution in [0.4, 0.5) is 4.39 Å². The standard InChI is InChI=1S/C20H23FN2O2/c21-17-8-4-5-15(13-17)9-10-19(25)23-20(11-12-22-14-18(20)24)16-6-2-1-3-7-16/h1-8,13,18,22,24H,9-12,14H2,(H,23,25)/t18-,20+/m1/s1. The van der Waals surface area contributed by atoms with Gasteiger partial charge in [0.05, 0.1) is 11.6 Å². The van der Waals surface area contributed by atoms with E-state index < -0.39 is 11.6 Å². The van der Waals surface area contributed by atoms with E-state index in [1.807, 2.05) is 36.4 Å². The molecule has 1 aliphatic rings. The molecule has 1 fully saturated rings. The summed E-state index contributed by atoms with van der Waals surface area (Å²) in [6.07, 6.45) is 0.618. The van der Waals surface area contributed by atoms with Crippen LogP contribution in [0.5, 0.6) is 0 Å². The second-order valence-electron chi connectivity index (χ2n) is 6.49. The minimum absolute atomic E-state index is 0.144. The molecular formula is C20H23FN2O2. The summed E-state index contributed by atoms with van der Waals surface area (Å²) in [6.45, 7) is 1.15. The van der Waals surface area contributed by atoms with Gasteiger partial charge in [-0.2, -0.15) is 0 Å². The first-order chi connectivity index (χ1) is 12.1. The van der Waals surface area contributed by atoms with E-state index in [-0.39, 0.29) is 18.1 Å². The van der Waals surface area contributed by atoms with Gasteiger partial charge in [-0.05, 0) is 42.6 Å². The maximum absolute atomic E-state index is 13.3. The SMILES string of the molecule is O=C(CCc1cccc(F)c1)N[C@]1(c2ccccc2)CCNC[C@H]1O. The molecule has 4 nitrogen and oxygen atoms in total. The third kappa shape index (κ3) is 4.06. The van der Waals surface area contributed by atoms with Crippen molar-refractivity contribution in [3.8, 4) is 0 Å². The van der Waals surface area contributed by atoms with Gasteiger partial charge in [0.25, 0.3) is 0 Å². The fourth-order valence-corrected chi connectivity index (χ4v) is 3.42. The van der Waals surface area contributed by atoms with Crippen molar-refractivity contribution in [3.05, 3.63) is 71.5 Å². The molecule has 1 saturated heterocycles. The third-order valence-corrected chi connectivity index (χ3v) is 4.78. The molecule has 0 radical (unpaired) electrons. The summed E-state index contributed by atoms with van der Waals surface area (Å²) in [5.41, 5.74) is 0.906. The first-order valence-corrected chi connectivity index (χ1v) is 8.60. The highest BCUT2D eigenvalue weighted by atomic mass is 19.1. The fourth-order valence-electron chi connectivity index (χ4n) is 3.42. The number of hydrogen-bond acceptors (Lipinski definition) is 3. The number of rotatable bonds is 5. The monoisotopic (exact) mass is 342 g/mol. The van der Waals surface area contributed by atoms with Crippen LogP contribution >= 0.6 is 0 Å². The first-order valence-electron chi connectivity index (χ1n) is 8.60. The highest BCUT2D eigenvalue weighted by Crippen LogP contribution is 2.31. The van der Waals surface area contributed by atoms with Crippen molar-refractivity contribution < 1.29 is 14.3 Å². The molecule has 0 bridgehead atoms. The third-order valence-electron chi connectivity index (χ3n) is 4.78. The molecule has 3 rings (SSSR count). The topological polar surface area (TPSA) is 61.4 Å². The van der Waals surface area contributed by atoms with E-state index in [1.165, 1.54) is 12.1 Å². The van der Waals surface area contributed by atoms with Crippen LogP contribution in [0.3, 0.4) is 0 Å². The number of aliphatic hydroxyl groups is 1. The molecule has 25 heavy (non-hydrogen) atoms. The molecule has 2 aromatic rings. The molecule has 132 valence electrons. The van der Waals surface area contributed by atoms with E-state index in [0.717, 1.165) is 17.7 Å². The average molecular weight is 342 g/mol. The summed E-state index contributed by atoms with van der Waals surface area (Å²) < 4.78 is 13.3. The predicted molar refractivity (Wildman–Crippen MR) is 94.5 cm³/mol. The molecule has 0 aromatic heterocycles. The molecule has 0 saturated carbocycles. The molecule has 1 amide bonds. The maximum atomic E-state index is 13.3. The number of β-amino-alcohol motifs (C(OH)–C–C–N with tert-alkyl or cyclic N) is 1. The largest absolute Gasteiger partial charge is 0.389 e. The molecule has 5 heteroatoms. The molecule has 3 N–H and O–H groups in total. The first kappa shape index (κ1) is 17.6. The Kier molecular flexibility index (Phi) is 5.46. The van der Waals surface area contributed by atoms with E-state index in [9.17, 15) is 14.3 Å². The molecule has 1 aliphatic heterocycles. The van der Waals surface area contributed by atoms with Gasteiger partial charge in [-0.25, -0.2) is 4.39 Å². The van der Waals surface area contributed by atoms with E-state index in [0.29, 0.717) is 19.4 Å². The zero-order valence-corrected chi connectivity index (χ0v) is 14.0. The highest BCUT2D eigenvalue weighted by molar-refractivity contribution is 5.77. The van der Waals surface area contributed by atoms with Gasteiger partial charge >= 0.3 is 0 Å². The number of piperidine rings is 1. The van der Waals surface area contributed by atoms with E-state index in [4.69, 9.17) is 0 Å². The van der Waals surface area contributed by atoms with Crippen LogP contribution in [0.2, 0.25) is 0 Å². The molecule has 0 aliphatic carbocycles. The minimum atomic E-state index is -0.786. The fraction of sp³-hybridized carbons (Fsp3) is 0.350. The van der Waals surface area contributed by atoms with Crippen LogP contribution in [0.25, 0.3) is 0 Å². The van der Waals surface area contributed by atoms with Crippen LogP contribution in [-0.4, -0.2) is 30.2 Å². The van der Waals surface area contributed by atoms with Crippen molar-refractivity contribution in [1.82, 2.24) is 10.6 Å². The highest BCUT2D eigenvalue weighted by Gasteiger charge is 2.42. The van der Waals surface area contributed by atoms with E-state index in [1.54, 1.807) is 6.07 Å². The van der Waals surface area contributed by atoms with Crippen molar-refractivity contribution in [2.45, 2.75) is 30.9 Å². The Morgan fingerprint density at radius 3 is 2.76 bits per heavy atom. The second kappa shape index (κ2) is 7.76. The minimum Gasteiger partial charge on any atom is -0.389 e. The number of hydrogen-bond donors (Lipinski definition) is 3. The molecular weight excluding hydrogens is 319 g/mol. The lowest BCUT2D eigenvalue weighted by molar-refractivity contribution is -0.125. The van der Waals surface area contributed by atoms with Crippen molar-refractivity contribution in [3.63, 3.8) is 0 Å². The molecule has 2 aromatic carbocycles. The normalized spacial score (nSPS) is 23.2. The van der Waals surface area contributed by atoms with Crippen LogP contribution in [0, 0.1) is 5.82 Å². The van der Waals surface area contributed by atoms with Crippen LogP contribution in [-0.2, 0) is 16.8 Å². The number of aryl methyl sites for hydroxylation is 1. The molecule has 2 atom stereocenters. The van der Waals surface area contributed by atoms with Gasteiger partial charge in [-0.15, -0.1) is 0 Å². The number of carbonyl (C=O) groups excluding carboxylic acids is 1. The van der Waals surface area contributed by atoms with Gasteiger partial charge in [0.15, 0.2) is 0 Å². The van der Waals surface area contributed by atoms with Crippen molar-refractivity contribution in [2.75, 3.05) is 13.1 Å². The smallest absolute Gasteiger partial charge is 0.221 e. The van der Waals surface area contributed by atoms with Gasteiger partial charge in [-0.3, -0.25) is 4.79 Å². The summed E-state index contributed by atoms with van der Waals surface area (Å²) in [7, 11) is 0. The van der Waals surface area contributed by atoms with Gasteiger partial charge in [-0.1, -0.05) is 42.5 Å². The van der Waals surface area contributed by atoms with Gasteiger partial charge in [0.1, 0.15) is 5.82 Å². The Labute approximate surface area is 147 Å². The summed E-state index contributed by atoms with van der Waals surface area (Å²) in [5.74, 6) is -0.443. The number of benzene rings is 2. The summed E-state index contributed by atoms with van der Waals surface area (Å²) in [5, 5.41) is 16.8. The summed E-state index contributed by atoms with van der Waals surface area (Å²) in [4.78, 5) is 12.6. The van der Waals surface area contributed by atoms with Crippen molar-refractivity contribution in [1.29, 1.82) is 0 Å². The van der Waals surface area contributed by atoms with Crippen LogP contribution in [0.15, 0.2) is 54.6 Å². The van der Waals surface area contributed by atoms with Gasteiger partial charge in [0, 0.05) is 13.0 Å². The number of halogens is 1. The molecule has 1 heterocycles. The Bertz CT molecular complexity index is 723. The van der Waals surface area contributed by atoms with Gasteiger partial charge < -0.3 is 15.7 Å². The molecule has 0 spiro atoms. The molecule has 0 unspecified atom stereocenters. The van der Waals surface area contributed by atoms with Gasteiger partial charge in [0.2, 0.25) is 5.91 Å². The zero-order valence-electron chi connectivity index (χ0n) is 14.0. The number of nitrogens with one attached hydrogen (secondary N) is 2. The lowest BCUT2D eigenvalue weighted by Crippen LogP contribution is -2.61. The Hall–Kier alpha value is -2.24. The summed E-state index contributed by atoms with van der Waals surface area (Å²) >= 11 is 0. The van der Waals surface area contributed by atoms with E-state index in [2.05, 4.69) is 10.6 Å². The summed E-state index contributed by atoms with van der Waals surface area (Å²) in [6, 6.07) is 15.9. The quantitative estimate of drug-likeness (QED) is 0.780. The maximum Gasteiger partial charge on any atom is 0.221 e. The number of carbonyl (C=O) groups is 1. The van der Waals surface area contributed by atoms with Crippen LogP contribution < -0.4 is 10.6 Å². The van der Waals surface area contributed by atoms with Crippen molar-refractivity contribution >= 4 is 5.91 Å². The zero-order chi connectivity index (χ0) is 17.7. The second-order valence-corrected chi connectivity index (χ2v) is 6.49. The Balaban J connectivity index is 1.73. The number of amides is 1. The van der Waals surface area contributed by atoms with E-state index >= 15 is 0 Å². The Morgan fingerprint density at radius 2 is 2.04 bits per heavy atom. The lowest BCUT2D eigenvalue weighted by atomic mass is 9.79. The predicted octanol–water partition coefficient (Wildman–Crippen LogP) is 2.12.